The summed E-state index contributed by atoms with van der Waals surface area (Å²) in [6.45, 7) is 5.27. The molecular weight excluding hydrogens is 554 g/mol. The SMILES string of the molecule is CC(C)c1nc2ccc(Br)cc2c(=O)n1N=Cc1cc(Cl)c(O[C@H](C)C(=O)O)c(Br)c1. The number of ether oxygens (including phenoxy) is 1. The third-order valence-corrected chi connectivity index (χ3v) is 5.70. The smallest absolute Gasteiger partial charge is 0.344 e. The fourth-order valence-electron chi connectivity index (χ4n) is 2.77. The number of benzene rings is 2. The first-order valence-electron chi connectivity index (χ1n) is 9.23. The Morgan fingerprint density at radius 2 is 1.97 bits per heavy atom. The molecule has 162 valence electrons. The minimum Gasteiger partial charge on any atom is -0.479 e. The molecule has 10 heteroatoms. The number of aliphatic carboxylic acids is 1. The highest BCUT2D eigenvalue weighted by Crippen LogP contribution is 2.35. The van der Waals surface area contributed by atoms with Gasteiger partial charge in [-0.15, -0.1) is 0 Å². The fraction of sp³-hybridized carbons (Fsp3) is 0.238. The summed E-state index contributed by atoms with van der Waals surface area (Å²) in [5.41, 5.74) is 0.901. The number of rotatable bonds is 6. The Morgan fingerprint density at radius 1 is 1.26 bits per heavy atom. The molecule has 0 amide bonds. The van der Waals surface area contributed by atoms with Crippen LogP contribution in [0.15, 0.2) is 49.2 Å². The quantitative estimate of drug-likeness (QED) is 0.398. The van der Waals surface area contributed by atoms with E-state index in [4.69, 9.17) is 21.4 Å². The second kappa shape index (κ2) is 9.50. The molecule has 1 N–H and O–H groups in total. The van der Waals surface area contributed by atoms with E-state index in [0.717, 1.165) is 4.47 Å². The molecule has 0 aliphatic carbocycles. The van der Waals surface area contributed by atoms with Crippen LogP contribution in [0.1, 0.15) is 38.1 Å². The van der Waals surface area contributed by atoms with Crippen LogP contribution in [0.3, 0.4) is 0 Å². The van der Waals surface area contributed by atoms with Crippen LogP contribution in [0.2, 0.25) is 5.02 Å². The molecule has 0 radical (unpaired) electrons. The number of aromatic nitrogens is 2. The van der Waals surface area contributed by atoms with Gasteiger partial charge in [0, 0.05) is 10.4 Å². The minimum atomic E-state index is -1.11. The van der Waals surface area contributed by atoms with Gasteiger partial charge in [-0.25, -0.2) is 9.78 Å². The molecule has 2 aromatic carbocycles. The zero-order chi connectivity index (χ0) is 22.9. The van der Waals surface area contributed by atoms with Crippen LogP contribution in [-0.4, -0.2) is 33.1 Å². The largest absolute Gasteiger partial charge is 0.479 e. The monoisotopic (exact) mass is 569 g/mol. The third kappa shape index (κ3) is 5.16. The molecule has 3 rings (SSSR count). The lowest BCUT2D eigenvalue weighted by Crippen LogP contribution is -2.23. The van der Waals surface area contributed by atoms with Crippen LogP contribution in [0.4, 0.5) is 0 Å². The van der Waals surface area contributed by atoms with Crippen LogP contribution in [-0.2, 0) is 4.79 Å². The Morgan fingerprint density at radius 3 is 2.58 bits per heavy atom. The van der Waals surface area contributed by atoms with Crippen molar-refractivity contribution in [2.45, 2.75) is 32.8 Å². The van der Waals surface area contributed by atoms with Crippen LogP contribution in [0.25, 0.3) is 10.9 Å². The van der Waals surface area contributed by atoms with Gasteiger partial charge < -0.3 is 9.84 Å². The van der Waals surface area contributed by atoms with E-state index < -0.39 is 12.1 Å². The van der Waals surface area contributed by atoms with Crippen molar-refractivity contribution in [3.05, 3.63) is 66.0 Å². The second-order valence-corrected chi connectivity index (χ2v) is 9.24. The lowest BCUT2D eigenvalue weighted by atomic mass is 10.2. The molecule has 31 heavy (non-hydrogen) atoms. The van der Waals surface area contributed by atoms with Crippen LogP contribution in [0.5, 0.6) is 5.75 Å². The fourth-order valence-corrected chi connectivity index (χ4v) is 4.09. The number of carboxylic acids is 1. The van der Waals surface area contributed by atoms with Gasteiger partial charge in [0.25, 0.3) is 5.56 Å². The molecule has 0 spiro atoms. The first kappa shape index (κ1) is 23.4. The molecule has 1 atom stereocenters. The van der Waals surface area contributed by atoms with Crippen molar-refractivity contribution in [2.24, 2.45) is 5.10 Å². The van der Waals surface area contributed by atoms with Crippen LogP contribution in [0, 0.1) is 0 Å². The average molecular weight is 572 g/mol. The van der Waals surface area contributed by atoms with E-state index in [1.165, 1.54) is 17.8 Å². The van der Waals surface area contributed by atoms with Crippen molar-refractivity contribution in [3.63, 3.8) is 0 Å². The number of hydrogen-bond donors (Lipinski definition) is 1. The van der Waals surface area contributed by atoms with Gasteiger partial charge in [0.1, 0.15) is 5.82 Å². The number of carbonyl (C=O) groups is 1. The van der Waals surface area contributed by atoms with E-state index in [0.29, 0.717) is 26.8 Å². The van der Waals surface area contributed by atoms with Crippen LogP contribution >= 0.6 is 43.5 Å². The van der Waals surface area contributed by atoms with Crippen molar-refractivity contribution in [3.8, 4) is 5.75 Å². The molecule has 3 aromatic rings. The summed E-state index contributed by atoms with van der Waals surface area (Å²) in [6.07, 6.45) is 0.420. The Bertz CT molecular complexity index is 1230. The van der Waals surface area contributed by atoms with Gasteiger partial charge in [0.2, 0.25) is 0 Å². The standard InChI is InChI=1S/C21H18Br2ClN3O4/c1-10(2)19-26-17-5-4-13(22)8-14(17)20(28)27(19)25-9-12-6-15(23)18(16(24)7-12)31-11(3)21(29)30/h4-11H,1-3H3,(H,29,30)/t11-/m1/s1. The molecule has 1 aromatic heterocycles. The zero-order valence-corrected chi connectivity index (χ0v) is 20.7. The highest BCUT2D eigenvalue weighted by molar-refractivity contribution is 9.10. The van der Waals surface area contributed by atoms with Crippen molar-refractivity contribution in [1.29, 1.82) is 0 Å². The summed E-state index contributed by atoms with van der Waals surface area (Å²) in [6, 6.07) is 8.58. The molecule has 0 bridgehead atoms. The Kier molecular flexibility index (Phi) is 7.18. The van der Waals surface area contributed by atoms with Crippen molar-refractivity contribution in [2.75, 3.05) is 0 Å². The summed E-state index contributed by atoms with van der Waals surface area (Å²) >= 11 is 13.0. The summed E-state index contributed by atoms with van der Waals surface area (Å²) in [7, 11) is 0. The molecule has 0 saturated carbocycles. The predicted octanol–water partition coefficient (Wildman–Crippen LogP) is 5.43. The normalized spacial score (nSPS) is 12.6. The van der Waals surface area contributed by atoms with Gasteiger partial charge in [-0.2, -0.15) is 9.78 Å². The number of fused-ring (bicyclic) bond motifs is 1. The van der Waals surface area contributed by atoms with Gasteiger partial charge in [-0.3, -0.25) is 4.79 Å². The molecule has 0 unspecified atom stereocenters. The first-order chi connectivity index (χ1) is 14.6. The maximum absolute atomic E-state index is 13.1. The van der Waals surface area contributed by atoms with Gasteiger partial charge >= 0.3 is 5.97 Å². The summed E-state index contributed by atoms with van der Waals surface area (Å²) in [5.74, 6) is -0.409. The van der Waals surface area contributed by atoms with E-state index >= 15 is 0 Å². The van der Waals surface area contributed by atoms with Gasteiger partial charge in [-0.05, 0) is 58.7 Å². The number of halogens is 3. The first-order valence-corrected chi connectivity index (χ1v) is 11.2. The molecule has 0 aliphatic heterocycles. The summed E-state index contributed by atoms with van der Waals surface area (Å²) < 4.78 is 7.90. The molecule has 7 nitrogen and oxygen atoms in total. The van der Waals surface area contributed by atoms with E-state index in [1.807, 2.05) is 19.9 Å². The van der Waals surface area contributed by atoms with Gasteiger partial charge in [0.15, 0.2) is 11.9 Å². The van der Waals surface area contributed by atoms with Crippen molar-refractivity contribution >= 4 is 66.5 Å². The van der Waals surface area contributed by atoms with E-state index in [-0.39, 0.29) is 22.2 Å². The predicted molar refractivity (Wildman–Crippen MR) is 128 cm³/mol. The Balaban J connectivity index is 2.05. The average Bonchev–Trinajstić information content (AvgIpc) is 2.69. The molecule has 1 heterocycles. The highest BCUT2D eigenvalue weighted by atomic mass is 79.9. The number of carboxylic acid groups (broad SMARTS) is 1. The molecular formula is C21H18Br2ClN3O4. The van der Waals surface area contributed by atoms with E-state index in [1.54, 1.807) is 24.3 Å². The van der Waals surface area contributed by atoms with Crippen LogP contribution < -0.4 is 10.3 Å². The molecule has 0 saturated heterocycles. The van der Waals surface area contributed by atoms with E-state index in [2.05, 4.69) is 41.9 Å². The maximum atomic E-state index is 13.1. The Labute approximate surface area is 200 Å². The second-order valence-electron chi connectivity index (χ2n) is 7.06. The lowest BCUT2D eigenvalue weighted by Gasteiger charge is -2.14. The molecule has 0 fully saturated rings. The number of nitrogens with zero attached hydrogens (tertiary/aromatic N) is 3. The van der Waals surface area contributed by atoms with Crippen molar-refractivity contribution in [1.82, 2.24) is 9.66 Å². The van der Waals surface area contributed by atoms with E-state index in [9.17, 15) is 9.59 Å². The summed E-state index contributed by atoms with van der Waals surface area (Å²) in [4.78, 5) is 28.7. The lowest BCUT2D eigenvalue weighted by molar-refractivity contribution is -0.144. The third-order valence-electron chi connectivity index (χ3n) is 4.34. The zero-order valence-electron chi connectivity index (χ0n) is 16.8. The van der Waals surface area contributed by atoms with Gasteiger partial charge in [-0.1, -0.05) is 41.4 Å². The summed E-state index contributed by atoms with van der Waals surface area (Å²) in [5, 5.41) is 14.1. The highest BCUT2D eigenvalue weighted by Gasteiger charge is 2.18. The van der Waals surface area contributed by atoms with Crippen molar-refractivity contribution < 1.29 is 14.6 Å². The number of hydrogen-bond acceptors (Lipinski definition) is 5. The van der Waals surface area contributed by atoms with Gasteiger partial charge in [0.05, 0.1) is 26.6 Å². The topological polar surface area (TPSA) is 93.8 Å². The maximum Gasteiger partial charge on any atom is 0.344 e. The Hall–Kier alpha value is -2.23. The minimum absolute atomic E-state index is 0.0403. The molecule has 0 aliphatic rings.